The largest absolute Gasteiger partial charge is 0.495 e. The maximum atomic E-state index is 6.19. The first-order chi connectivity index (χ1) is 8.45. The summed E-state index contributed by atoms with van der Waals surface area (Å²) in [7, 11) is 3.54. The number of aromatic nitrogens is 2. The normalized spacial score (nSPS) is 10.8. The summed E-state index contributed by atoms with van der Waals surface area (Å²) >= 11 is 9.77. The number of aryl methyl sites for hydroxylation is 3. The van der Waals surface area contributed by atoms with Gasteiger partial charge in [0.05, 0.1) is 28.0 Å². The van der Waals surface area contributed by atoms with Crippen LogP contribution in [0.4, 0.5) is 0 Å². The predicted octanol–water partition coefficient (Wildman–Crippen LogP) is 4.13. The van der Waals surface area contributed by atoms with E-state index in [1.165, 1.54) is 0 Å². The minimum Gasteiger partial charge on any atom is -0.495 e. The molecule has 1 heterocycles. The molecule has 0 amide bonds. The molecule has 5 heteroatoms. The molecule has 0 aliphatic carbocycles. The van der Waals surface area contributed by atoms with Crippen molar-refractivity contribution in [1.82, 2.24) is 9.78 Å². The Morgan fingerprint density at radius 1 is 1.33 bits per heavy atom. The van der Waals surface area contributed by atoms with Gasteiger partial charge in [0.25, 0.3) is 0 Å². The molecular formula is C13H14BrClN2O. The van der Waals surface area contributed by atoms with Crippen LogP contribution in [-0.4, -0.2) is 16.9 Å². The van der Waals surface area contributed by atoms with Crippen molar-refractivity contribution in [2.24, 2.45) is 7.05 Å². The fourth-order valence-corrected chi connectivity index (χ4v) is 2.78. The second-order valence-corrected chi connectivity index (χ2v) is 5.37. The minimum atomic E-state index is 0.601. The Kier molecular flexibility index (Phi) is 3.69. The van der Waals surface area contributed by atoms with Crippen LogP contribution in [-0.2, 0) is 7.05 Å². The number of rotatable bonds is 2. The van der Waals surface area contributed by atoms with Gasteiger partial charge in [-0.1, -0.05) is 11.6 Å². The quantitative estimate of drug-likeness (QED) is 0.828. The van der Waals surface area contributed by atoms with Gasteiger partial charge in [-0.2, -0.15) is 5.10 Å². The van der Waals surface area contributed by atoms with Crippen molar-refractivity contribution in [3.05, 3.63) is 32.9 Å². The van der Waals surface area contributed by atoms with E-state index in [0.29, 0.717) is 10.8 Å². The molecule has 0 unspecified atom stereocenters. The number of hydrogen-bond donors (Lipinski definition) is 0. The Hall–Kier alpha value is -1.00. The van der Waals surface area contributed by atoms with Crippen molar-refractivity contribution >= 4 is 27.5 Å². The van der Waals surface area contributed by atoms with Crippen molar-refractivity contribution in [2.45, 2.75) is 13.8 Å². The third-order valence-electron chi connectivity index (χ3n) is 2.90. The molecular weight excluding hydrogens is 316 g/mol. The Balaban J connectivity index is 2.68. The number of nitrogens with zero attached hydrogens (tertiary/aromatic N) is 2. The number of halogens is 2. The molecule has 1 aromatic carbocycles. The average molecular weight is 330 g/mol. The summed E-state index contributed by atoms with van der Waals surface area (Å²) in [5.74, 6) is 0.688. The number of ether oxygens (including phenoxy) is 1. The summed E-state index contributed by atoms with van der Waals surface area (Å²) in [6.07, 6.45) is 0. The highest BCUT2D eigenvalue weighted by molar-refractivity contribution is 9.10. The van der Waals surface area contributed by atoms with Crippen molar-refractivity contribution in [1.29, 1.82) is 0 Å². The fourth-order valence-electron chi connectivity index (χ4n) is 1.99. The van der Waals surface area contributed by atoms with Gasteiger partial charge in [0, 0.05) is 12.6 Å². The second-order valence-electron chi connectivity index (χ2n) is 4.17. The van der Waals surface area contributed by atoms with E-state index in [1.54, 1.807) is 7.11 Å². The molecule has 0 fully saturated rings. The lowest BCUT2D eigenvalue weighted by Gasteiger charge is -2.11. The molecule has 0 saturated carbocycles. The Bertz CT molecular complexity index is 608. The molecule has 0 N–H and O–H groups in total. The molecule has 0 aliphatic rings. The van der Waals surface area contributed by atoms with Crippen LogP contribution in [0.25, 0.3) is 11.3 Å². The van der Waals surface area contributed by atoms with Gasteiger partial charge in [0.2, 0.25) is 0 Å². The summed E-state index contributed by atoms with van der Waals surface area (Å²) in [5, 5.41) is 5.00. The molecule has 0 atom stereocenters. The molecule has 18 heavy (non-hydrogen) atoms. The van der Waals surface area contributed by atoms with Gasteiger partial charge >= 0.3 is 0 Å². The molecule has 3 nitrogen and oxygen atoms in total. The number of hydrogen-bond acceptors (Lipinski definition) is 2. The van der Waals surface area contributed by atoms with Crippen molar-refractivity contribution in [2.75, 3.05) is 7.11 Å². The zero-order chi connectivity index (χ0) is 13.4. The summed E-state index contributed by atoms with van der Waals surface area (Å²) in [6, 6.07) is 3.85. The molecule has 0 aliphatic heterocycles. The van der Waals surface area contributed by atoms with Crippen molar-refractivity contribution in [3.8, 4) is 17.0 Å². The summed E-state index contributed by atoms with van der Waals surface area (Å²) < 4.78 is 8.06. The van der Waals surface area contributed by atoms with Gasteiger partial charge in [-0.05, 0) is 47.5 Å². The minimum absolute atomic E-state index is 0.601. The van der Waals surface area contributed by atoms with Gasteiger partial charge in [-0.25, -0.2) is 0 Å². The van der Waals surface area contributed by atoms with E-state index < -0.39 is 0 Å². The zero-order valence-corrected chi connectivity index (χ0v) is 13.1. The maximum absolute atomic E-state index is 6.19. The maximum Gasteiger partial charge on any atom is 0.137 e. The fraction of sp³-hybridized carbons (Fsp3) is 0.308. The molecule has 0 spiro atoms. The molecule has 0 radical (unpaired) electrons. The van der Waals surface area contributed by atoms with E-state index in [0.717, 1.165) is 27.0 Å². The van der Waals surface area contributed by atoms with Crippen LogP contribution in [0.1, 0.15) is 11.3 Å². The summed E-state index contributed by atoms with van der Waals surface area (Å²) in [5.41, 5.74) is 4.13. The topological polar surface area (TPSA) is 27.1 Å². The van der Waals surface area contributed by atoms with Crippen LogP contribution in [0.2, 0.25) is 5.02 Å². The Labute approximate surface area is 120 Å². The van der Waals surface area contributed by atoms with Gasteiger partial charge in [-0.15, -0.1) is 0 Å². The highest BCUT2D eigenvalue weighted by atomic mass is 79.9. The van der Waals surface area contributed by atoms with Crippen LogP contribution in [0, 0.1) is 13.8 Å². The lowest BCUT2D eigenvalue weighted by Crippen LogP contribution is -1.96. The lowest BCUT2D eigenvalue weighted by atomic mass is 10.0. The third-order valence-corrected chi connectivity index (χ3v) is 4.15. The van der Waals surface area contributed by atoms with Gasteiger partial charge in [0.15, 0.2) is 0 Å². The van der Waals surface area contributed by atoms with Gasteiger partial charge in [0.1, 0.15) is 5.75 Å². The van der Waals surface area contributed by atoms with Crippen LogP contribution in [0.5, 0.6) is 5.75 Å². The Morgan fingerprint density at radius 2 is 2.00 bits per heavy atom. The second kappa shape index (κ2) is 4.94. The van der Waals surface area contributed by atoms with Gasteiger partial charge < -0.3 is 4.74 Å². The van der Waals surface area contributed by atoms with E-state index in [9.17, 15) is 0 Å². The highest BCUT2D eigenvalue weighted by Gasteiger charge is 2.16. The summed E-state index contributed by atoms with van der Waals surface area (Å²) in [4.78, 5) is 0. The highest BCUT2D eigenvalue weighted by Crippen LogP contribution is 2.37. The first kappa shape index (κ1) is 13.4. The molecule has 2 aromatic rings. The van der Waals surface area contributed by atoms with E-state index in [-0.39, 0.29) is 0 Å². The average Bonchev–Trinajstić information content (AvgIpc) is 2.56. The van der Waals surface area contributed by atoms with Crippen LogP contribution in [0.15, 0.2) is 16.6 Å². The van der Waals surface area contributed by atoms with E-state index in [1.807, 2.05) is 37.7 Å². The van der Waals surface area contributed by atoms with E-state index in [4.69, 9.17) is 16.3 Å². The lowest BCUT2D eigenvalue weighted by molar-refractivity contribution is 0.415. The molecule has 0 bridgehead atoms. The zero-order valence-electron chi connectivity index (χ0n) is 10.7. The van der Waals surface area contributed by atoms with Gasteiger partial charge in [-0.3, -0.25) is 4.68 Å². The SMILES string of the molecule is COc1cc(C)c(-c2c(Br)c(C)nn2C)cc1Cl. The first-order valence-corrected chi connectivity index (χ1v) is 6.66. The molecule has 96 valence electrons. The smallest absolute Gasteiger partial charge is 0.137 e. The van der Waals surface area contributed by atoms with E-state index >= 15 is 0 Å². The molecule has 2 rings (SSSR count). The first-order valence-electron chi connectivity index (χ1n) is 5.49. The molecule has 1 aromatic heterocycles. The standard InChI is InChI=1S/C13H14BrClN2O/c1-7-5-11(18-4)10(15)6-9(7)13-12(14)8(2)16-17(13)3/h5-6H,1-4H3. The number of benzene rings is 1. The Morgan fingerprint density at radius 3 is 2.50 bits per heavy atom. The number of methoxy groups -OCH3 is 1. The third kappa shape index (κ3) is 2.15. The van der Waals surface area contributed by atoms with Crippen molar-refractivity contribution in [3.63, 3.8) is 0 Å². The van der Waals surface area contributed by atoms with Crippen LogP contribution in [0.3, 0.4) is 0 Å². The van der Waals surface area contributed by atoms with E-state index in [2.05, 4.69) is 21.0 Å². The van der Waals surface area contributed by atoms with Crippen molar-refractivity contribution < 1.29 is 4.74 Å². The van der Waals surface area contributed by atoms with Crippen LogP contribution < -0.4 is 4.74 Å². The monoisotopic (exact) mass is 328 g/mol. The summed E-state index contributed by atoms with van der Waals surface area (Å²) in [6.45, 7) is 4.00. The predicted molar refractivity (Wildman–Crippen MR) is 77.4 cm³/mol. The molecule has 0 saturated heterocycles. The van der Waals surface area contributed by atoms with Crippen LogP contribution >= 0.6 is 27.5 Å².